The van der Waals surface area contributed by atoms with Gasteiger partial charge in [-0.05, 0) is 43.1 Å². The van der Waals surface area contributed by atoms with E-state index in [-0.39, 0.29) is 18.6 Å². The fraction of sp³-hybridized carbons (Fsp3) is 0.923. The van der Waals surface area contributed by atoms with Gasteiger partial charge in [0, 0.05) is 0 Å². The van der Waals surface area contributed by atoms with Crippen LogP contribution in [0.1, 0.15) is 38.5 Å². The number of nitrogens with two attached hydrogens (primary N) is 1. The van der Waals surface area contributed by atoms with Crippen LogP contribution >= 0.6 is 11.8 Å². The lowest BCUT2D eigenvalue weighted by Gasteiger charge is -2.36. The number of halogens is 3. The molecule has 21 heavy (non-hydrogen) atoms. The summed E-state index contributed by atoms with van der Waals surface area (Å²) >= 11 is 1.20. The Morgan fingerprint density at radius 2 is 1.86 bits per heavy atom. The lowest BCUT2D eigenvalue weighted by atomic mass is 9.83. The molecule has 0 heterocycles. The lowest BCUT2D eigenvalue weighted by Crippen LogP contribution is -2.51. The first-order valence-corrected chi connectivity index (χ1v) is 8.19. The van der Waals surface area contributed by atoms with Crippen LogP contribution in [0.3, 0.4) is 0 Å². The van der Waals surface area contributed by atoms with E-state index in [1.54, 1.807) is 0 Å². The molecular weight excluding hydrogens is 307 g/mol. The molecule has 1 saturated carbocycles. The Balaban J connectivity index is 2.42. The van der Waals surface area contributed by atoms with Gasteiger partial charge in [0.05, 0.1) is 0 Å². The molecule has 0 radical (unpaired) electrons. The van der Waals surface area contributed by atoms with E-state index in [1.807, 2.05) is 0 Å². The quantitative estimate of drug-likeness (QED) is 0.596. The van der Waals surface area contributed by atoms with E-state index in [4.69, 9.17) is 10.8 Å². The van der Waals surface area contributed by atoms with Gasteiger partial charge in [-0.15, -0.1) is 0 Å². The minimum Gasteiger partial charge on any atom is -0.480 e. The molecule has 124 valence electrons. The summed E-state index contributed by atoms with van der Waals surface area (Å²) in [5.74, 6) is -1.34. The summed E-state index contributed by atoms with van der Waals surface area (Å²) in [6.07, 6.45) is -2.51. The number of aliphatic carboxylic acids is 1. The zero-order valence-corrected chi connectivity index (χ0v) is 12.6. The van der Waals surface area contributed by atoms with Gasteiger partial charge >= 0.3 is 12.1 Å². The minimum atomic E-state index is -4.62. The summed E-state index contributed by atoms with van der Waals surface area (Å²) in [5.41, 5.74) is 2.69. The predicted molar refractivity (Wildman–Crippen MR) is 75.1 cm³/mol. The van der Waals surface area contributed by atoms with Crippen LogP contribution in [0.2, 0.25) is 0 Å². The van der Waals surface area contributed by atoms with Gasteiger partial charge in [0.1, 0.15) is 6.04 Å². The predicted octanol–water partition coefficient (Wildman–Crippen LogP) is 2.40. The lowest BCUT2D eigenvalue weighted by molar-refractivity contribution is -0.279. The largest absolute Gasteiger partial charge is 0.480 e. The topological polar surface area (TPSA) is 83.5 Å². The molecule has 4 nitrogen and oxygen atoms in total. The molecule has 1 aliphatic rings. The Morgan fingerprint density at radius 1 is 1.29 bits per heavy atom. The van der Waals surface area contributed by atoms with Gasteiger partial charge in [0.2, 0.25) is 0 Å². The van der Waals surface area contributed by atoms with Gasteiger partial charge in [0.25, 0.3) is 0 Å². The average Bonchev–Trinajstić information content (AvgIpc) is 2.90. The highest BCUT2D eigenvalue weighted by Crippen LogP contribution is 2.46. The summed E-state index contributed by atoms with van der Waals surface area (Å²) in [6, 6.07) is -0.992. The maximum Gasteiger partial charge on any atom is 0.417 e. The molecule has 2 unspecified atom stereocenters. The van der Waals surface area contributed by atoms with Crippen LogP contribution in [-0.2, 0) is 4.79 Å². The average molecular weight is 329 g/mol. The van der Waals surface area contributed by atoms with Crippen LogP contribution in [0.5, 0.6) is 0 Å². The van der Waals surface area contributed by atoms with Crippen molar-refractivity contribution < 1.29 is 28.2 Å². The van der Waals surface area contributed by atoms with Gasteiger partial charge in [-0.3, -0.25) is 4.79 Å². The molecule has 0 bridgehead atoms. The summed E-state index contributed by atoms with van der Waals surface area (Å²) in [6.45, 7) is 0. The maximum absolute atomic E-state index is 13.1. The van der Waals surface area contributed by atoms with Gasteiger partial charge < -0.3 is 15.9 Å². The Kier molecular flexibility index (Phi) is 6.80. The molecule has 0 aromatic rings. The standard InChI is InChI=1S/C13H22F3NO3S/c14-13(15,16)12(20,9-3-1-2-4-9)6-8-21-7-5-10(17)11(18)19/h9-10,20H,1-8,17H2,(H,18,19). The number of thioether (sulfide) groups is 1. The fourth-order valence-electron chi connectivity index (χ4n) is 2.64. The maximum atomic E-state index is 13.1. The second kappa shape index (κ2) is 7.69. The number of hydrogen-bond acceptors (Lipinski definition) is 4. The number of rotatable bonds is 8. The molecule has 0 saturated heterocycles. The molecule has 8 heteroatoms. The van der Waals surface area contributed by atoms with Gasteiger partial charge in [-0.25, -0.2) is 0 Å². The number of alkyl halides is 3. The van der Waals surface area contributed by atoms with Crippen LogP contribution < -0.4 is 5.73 Å². The Morgan fingerprint density at radius 3 is 2.33 bits per heavy atom. The van der Waals surface area contributed by atoms with E-state index in [1.165, 1.54) is 11.8 Å². The van der Waals surface area contributed by atoms with Crippen LogP contribution in [0.4, 0.5) is 13.2 Å². The molecule has 0 aromatic carbocycles. The molecule has 0 aliphatic heterocycles. The molecule has 1 aliphatic carbocycles. The Hall–Kier alpha value is -0.470. The monoisotopic (exact) mass is 329 g/mol. The van der Waals surface area contributed by atoms with Crippen LogP contribution in [0, 0.1) is 5.92 Å². The van der Waals surface area contributed by atoms with Crippen molar-refractivity contribution >= 4 is 17.7 Å². The van der Waals surface area contributed by atoms with Gasteiger partial charge in [-0.1, -0.05) is 12.8 Å². The molecule has 4 N–H and O–H groups in total. The molecular formula is C13H22F3NO3S. The normalized spacial score (nSPS) is 21.2. The van der Waals surface area contributed by atoms with Crippen molar-refractivity contribution in [2.45, 2.75) is 56.3 Å². The first-order chi connectivity index (χ1) is 9.68. The molecule has 0 aromatic heterocycles. The van der Waals surface area contributed by atoms with Crippen molar-refractivity contribution in [1.82, 2.24) is 0 Å². The van der Waals surface area contributed by atoms with E-state index in [0.717, 1.165) is 12.8 Å². The minimum absolute atomic E-state index is 0.138. The van der Waals surface area contributed by atoms with Gasteiger partial charge in [-0.2, -0.15) is 24.9 Å². The number of carbonyl (C=O) groups is 1. The second-order valence-electron chi connectivity index (χ2n) is 5.50. The van der Waals surface area contributed by atoms with E-state index in [9.17, 15) is 23.1 Å². The number of carboxylic acids is 1. The van der Waals surface area contributed by atoms with Crippen molar-refractivity contribution in [3.63, 3.8) is 0 Å². The second-order valence-corrected chi connectivity index (χ2v) is 6.72. The first-order valence-electron chi connectivity index (χ1n) is 7.03. The molecule has 0 amide bonds. The van der Waals surface area contributed by atoms with E-state index in [0.29, 0.717) is 18.6 Å². The summed E-state index contributed by atoms with van der Waals surface area (Å²) < 4.78 is 39.4. The van der Waals surface area contributed by atoms with Crippen LogP contribution in [0.25, 0.3) is 0 Å². The van der Waals surface area contributed by atoms with Crippen molar-refractivity contribution in [1.29, 1.82) is 0 Å². The summed E-state index contributed by atoms with van der Waals surface area (Å²) in [4.78, 5) is 10.5. The number of carboxylic acid groups (broad SMARTS) is 1. The van der Waals surface area contributed by atoms with E-state index in [2.05, 4.69) is 0 Å². The van der Waals surface area contributed by atoms with E-state index < -0.39 is 29.7 Å². The van der Waals surface area contributed by atoms with Crippen molar-refractivity contribution in [3.05, 3.63) is 0 Å². The summed E-state index contributed by atoms with van der Waals surface area (Å²) in [7, 11) is 0. The highest BCUT2D eigenvalue weighted by Gasteiger charge is 2.57. The zero-order valence-electron chi connectivity index (χ0n) is 11.7. The highest BCUT2D eigenvalue weighted by molar-refractivity contribution is 7.99. The number of hydrogen-bond donors (Lipinski definition) is 3. The zero-order chi connectivity index (χ0) is 16.1. The Labute approximate surface area is 126 Å². The SMILES string of the molecule is NC(CCSCCC(O)(C1CCCC1)C(F)(F)F)C(=O)O. The molecule has 0 spiro atoms. The third-order valence-corrected chi connectivity index (χ3v) is 5.06. The first kappa shape index (κ1) is 18.6. The smallest absolute Gasteiger partial charge is 0.417 e. The Bertz CT molecular complexity index is 348. The third kappa shape index (κ3) is 5.03. The molecule has 1 rings (SSSR count). The molecule has 2 atom stereocenters. The van der Waals surface area contributed by atoms with Gasteiger partial charge in [0.15, 0.2) is 5.60 Å². The number of aliphatic hydroxyl groups is 1. The van der Waals surface area contributed by atoms with Crippen molar-refractivity contribution in [2.24, 2.45) is 11.7 Å². The fourth-order valence-corrected chi connectivity index (χ4v) is 3.72. The summed E-state index contributed by atoms with van der Waals surface area (Å²) in [5, 5.41) is 18.7. The third-order valence-electron chi connectivity index (χ3n) is 4.04. The highest BCUT2D eigenvalue weighted by atomic mass is 32.2. The van der Waals surface area contributed by atoms with Crippen LogP contribution in [-0.4, -0.2) is 45.5 Å². The van der Waals surface area contributed by atoms with Crippen molar-refractivity contribution in [3.8, 4) is 0 Å². The van der Waals surface area contributed by atoms with Crippen molar-refractivity contribution in [2.75, 3.05) is 11.5 Å². The molecule has 1 fully saturated rings. The van der Waals surface area contributed by atoms with E-state index >= 15 is 0 Å². The van der Waals surface area contributed by atoms with Crippen LogP contribution in [0.15, 0.2) is 0 Å².